The molecule has 1 amide bonds. The predicted octanol–water partition coefficient (Wildman–Crippen LogP) is 0.588. The highest BCUT2D eigenvalue weighted by Gasteiger charge is 2.69. The average molecular weight is 577 g/mol. The zero-order valence-corrected chi connectivity index (χ0v) is 24.1. The Morgan fingerprint density at radius 1 is 1.07 bits per heavy atom. The molecule has 0 bridgehead atoms. The Bertz CT molecular complexity index is 1490. The number of nitrogens with two attached hydrogens (primary N) is 1. The van der Waals surface area contributed by atoms with E-state index in [0.29, 0.717) is 29.9 Å². The number of nitrogens with zero attached hydrogens (tertiary/aromatic N) is 2. The van der Waals surface area contributed by atoms with E-state index in [4.69, 9.17) is 5.73 Å². The van der Waals surface area contributed by atoms with Crippen LogP contribution in [-0.4, -0.2) is 90.5 Å². The van der Waals surface area contributed by atoms with Gasteiger partial charge in [0.15, 0.2) is 34.7 Å². The van der Waals surface area contributed by atoms with Gasteiger partial charge in [0.1, 0.15) is 5.75 Å². The highest BCUT2D eigenvalue weighted by Crippen LogP contribution is 2.52. The maximum absolute atomic E-state index is 14.1. The first kappa shape index (κ1) is 29.4. The number of Topliss-reactive ketones (excluding diaryl/α,β-unsaturated/α-hetero) is 4. The van der Waals surface area contributed by atoms with Crippen molar-refractivity contribution in [2.24, 2.45) is 29.4 Å². The number of hydrogen-bond donors (Lipinski definition) is 4. The highest BCUT2D eigenvalue weighted by atomic mass is 16.3. The number of primary amides is 1. The molecule has 3 aliphatic rings. The summed E-state index contributed by atoms with van der Waals surface area (Å²) in [5, 5.41) is 26.3. The molecule has 11 nitrogen and oxygen atoms in total. The second kappa shape index (κ2) is 10.6. The molecule has 2 aromatic carbocycles. The molecule has 5 N–H and O–H groups in total. The van der Waals surface area contributed by atoms with Gasteiger partial charge in [0.05, 0.1) is 23.2 Å². The topological polar surface area (TPSA) is 170 Å². The summed E-state index contributed by atoms with van der Waals surface area (Å²) in [4.78, 5) is 70.3. The number of benzene rings is 2. The lowest BCUT2D eigenvalue weighted by molar-refractivity contribution is -0.181. The number of phenols is 1. The number of carbonyl (C=O) groups excluding carboxylic acids is 5. The smallest absolute Gasteiger partial charge is 0.235 e. The predicted molar refractivity (Wildman–Crippen MR) is 154 cm³/mol. The van der Waals surface area contributed by atoms with Crippen LogP contribution in [0.15, 0.2) is 36.4 Å². The van der Waals surface area contributed by atoms with Crippen LogP contribution in [0.1, 0.15) is 27.9 Å². The fraction of sp³-hybridized carbons (Fsp3) is 0.452. The van der Waals surface area contributed by atoms with Crippen LogP contribution in [-0.2, 0) is 32.0 Å². The molecule has 222 valence electrons. The summed E-state index contributed by atoms with van der Waals surface area (Å²) < 4.78 is 0. The molecule has 0 aromatic heterocycles. The van der Waals surface area contributed by atoms with Gasteiger partial charge in [-0.05, 0) is 56.5 Å². The van der Waals surface area contributed by atoms with Crippen LogP contribution in [0, 0.1) is 23.7 Å². The monoisotopic (exact) mass is 576 g/mol. The zero-order valence-electron chi connectivity index (χ0n) is 24.1. The molecular formula is C31H36N4O7. The Kier molecular flexibility index (Phi) is 7.44. The molecule has 0 radical (unpaired) electrons. The number of rotatable bonds is 7. The standard InChI is InChI=1S/C31H36N4O7/c1-34(2)20-14-19(33-11-10-15-8-6-5-7-9-15)25(36)22-17(20)12-16-13-18-24(35(3)4)27(38)23(30(32)41)29(40)31(18,42)28(39)21(16)26(22)37/h5-9,14,16,18,21,23-24,33,36,42H,10-13H2,1-4H3,(H2,32,41)/t16-,18-,21?,23?,24?,31-/m0/s1. The Morgan fingerprint density at radius 3 is 2.33 bits per heavy atom. The molecule has 0 aliphatic heterocycles. The van der Waals surface area contributed by atoms with Crippen LogP contribution in [0.25, 0.3) is 0 Å². The lowest BCUT2D eigenvalue weighted by Crippen LogP contribution is -2.74. The minimum absolute atomic E-state index is 0.00853. The van der Waals surface area contributed by atoms with E-state index in [2.05, 4.69) is 5.32 Å². The highest BCUT2D eigenvalue weighted by molar-refractivity contribution is 6.32. The summed E-state index contributed by atoms with van der Waals surface area (Å²) in [6, 6.07) is 10.4. The summed E-state index contributed by atoms with van der Waals surface area (Å²) in [5.74, 6) is -10.6. The molecule has 3 unspecified atom stereocenters. The third-order valence-corrected chi connectivity index (χ3v) is 9.09. The van der Waals surface area contributed by atoms with Crippen LogP contribution in [0.2, 0.25) is 0 Å². The van der Waals surface area contributed by atoms with Crippen molar-refractivity contribution >= 4 is 40.4 Å². The lowest BCUT2D eigenvalue weighted by atomic mass is 9.52. The normalized spacial score (nSPS) is 28.7. The van der Waals surface area contributed by atoms with E-state index in [9.17, 15) is 34.2 Å². The largest absolute Gasteiger partial charge is 0.505 e. The molecule has 0 saturated heterocycles. The number of aliphatic hydroxyl groups is 1. The summed E-state index contributed by atoms with van der Waals surface area (Å²) >= 11 is 0. The van der Waals surface area contributed by atoms with Gasteiger partial charge in [-0.1, -0.05) is 30.3 Å². The van der Waals surface area contributed by atoms with Gasteiger partial charge in [0, 0.05) is 32.2 Å². The zero-order chi connectivity index (χ0) is 30.7. The molecule has 5 rings (SSSR count). The molecule has 2 saturated carbocycles. The van der Waals surface area contributed by atoms with Crippen LogP contribution in [0.4, 0.5) is 11.4 Å². The maximum Gasteiger partial charge on any atom is 0.235 e. The van der Waals surface area contributed by atoms with Gasteiger partial charge in [-0.2, -0.15) is 0 Å². The van der Waals surface area contributed by atoms with E-state index < -0.39 is 64.4 Å². The third kappa shape index (κ3) is 4.38. The summed E-state index contributed by atoms with van der Waals surface area (Å²) in [6.45, 7) is 0.465. The van der Waals surface area contributed by atoms with E-state index in [1.807, 2.05) is 49.3 Å². The van der Waals surface area contributed by atoms with E-state index in [1.54, 1.807) is 20.2 Å². The maximum atomic E-state index is 14.1. The quantitative estimate of drug-likeness (QED) is 0.270. The lowest BCUT2D eigenvalue weighted by Gasteiger charge is -2.52. The molecule has 2 fully saturated rings. The van der Waals surface area contributed by atoms with Gasteiger partial charge in [-0.15, -0.1) is 0 Å². The number of nitrogens with one attached hydrogen (secondary N) is 1. The number of phenolic OH excluding ortho intramolecular Hbond substituents is 1. The van der Waals surface area contributed by atoms with Crippen LogP contribution in [0.3, 0.4) is 0 Å². The van der Waals surface area contributed by atoms with E-state index in [0.717, 1.165) is 5.56 Å². The Morgan fingerprint density at radius 2 is 1.74 bits per heavy atom. The van der Waals surface area contributed by atoms with E-state index in [1.165, 1.54) is 4.90 Å². The fourth-order valence-electron chi connectivity index (χ4n) is 7.17. The fourth-order valence-corrected chi connectivity index (χ4v) is 7.17. The summed E-state index contributed by atoms with van der Waals surface area (Å²) in [6.07, 6.45) is 0.876. The van der Waals surface area contributed by atoms with Crippen LogP contribution in [0.5, 0.6) is 5.75 Å². The minimum atomic E-state index is -2.75. The molecule has 0 spiro atoms. The number of carbonyl (C=O) groups is 5. The summed E-state index contributed by atoms with van der Waals surface area (Å²) in [5.41, 5.74) is 5.25. The Balaban J connectivity index is 1.56. The molecule has 42 heavy (non-hydrogen) atoms. The van der Waals surface area contributed by atoms with Crippen molar-refractivity contribution in [2.75, 3.05) is 45.0 Å². The van der Waals surface area contributed by atoms with Crippen molar-refractivity contribution in [1.29, 1.82) is 0 Å². The van der Waals surface area contributed by atoms with Crippen LogP contribution < -0.4 is 16.0 Å². The number of likely N-dealkylation sites (N-methyl/N-ethyl adjacent to an activating group) is 1. The van der Waals surface area contributed by atoms with Crippen molar-refractivity contribution in [3.8, 4) is 5.75 Å². The average Bonchev–Trinajstić information content (AvgIpc) is 2.92. The van der Waals surface area contributed by atoms with Gasteiger partial charge in [0.2, 0.25) is 5.91 Å². The van der Waals surface area contributed by atoms with Crippen molar-refractivity contribution in [2.45, 2.75) is 30.9 Å². The van der Waals surface area contributed by atoms with Gasteiger partial charge in [0.25, 0.3) is 0 Å². The third-order valence-electron chi connectivity index (χ3n) is 9.09. The first-order chi connectivity index (χ1) is 19.8. The first-order valence-corrected chi connectivity index (χ1v) is 14.0. The Labute approximate surface area is 243 Å². The van der Waals surface area contributed by atoms with Crippen molar-refractivity contribution in [1.82, 2.24) is 4.90 Å². The molecule has 0 heterocycles. The number of anilines is 2. The van der Waals surface area contributed by atoms with E-state index in [-0.39, 0.29) is 24.2 Å². The molecule has 11 heteroatoms. The van der Waals surface area contributed by atoms with Crippen LogP contribution >= 0.6 is 0 Å². The molecule has 3 aliphatic carbocycles. The SMILES string of the molecule is CN(C)c1cc(NCCc2ccccc2)c(O)c2c1C[C@H]1C[C@H]3C(N(C)C)C(=O)C(C(N)=O)C(=O)[C@@]3(O)C(=O)C1C2=O. The van der Waals surface area contributed by atoms with Crippen molar-refractivity contribution in [3.63, 3.8) is 0 Å². The van der Waals surface area contributed by atoms with Crippen molar-refractivity contribution < 1.29 is 34.2 Å². The number of amides is 1. The second-order valence-corrected chi connectivity index (χ2v) is 12.0. The second-order valence-electron chi connectivity index (χ2n) is 12.0. The van der Waals surface area contributed by atoms with Gasteiger partial charge in [-0.25, -0.2) is 0 Å². The van der Waals surface area contributed by atoms with Crippen molar-refractivity contribution in [3.05, 3.63) is 53.1 Å². The number of ketones is 4. The van der Waals surface area contributed by atoms with Gasteiger partial charge >= 0.3 is 0 Å². The summed E-state index contributed by atoms with van der Waals surface area (Å²) in [7, 11) is 6.74. The molecular weight excluding hydrogens is 540 g/mol. The van der Waals surface area contributed by atoms with E-state index >= 15 is 0 Å². The number of fused-ring (bicyclic) bond motifs is 3. The van der Waals surface area contributed by atoms with Gasteiger partial charge < -0.3 is 26.2 Å². The Hall–Kier alpha value is -4.09. The molecule has 2 aromatic rings. The minimum Gasteiger partial charge on any atom is -0.505 e. The number of aromatic hydroxyl groups is 1. The molecule has 6 atom stereocenters. The number of hydrogen-bond acceptors (Lipinski definition) is 10. The van der Waals surface area contributed by atoms with Gasteiger partial charge in [-0.3, -0.25) is 28.9 Å². The first-order valence-electron chi connectivity index (χ1n) is 14.0.